The van der Waals surface area contributed by atoms with Crippen molar-refractivity contribution in [1.82, 2.24) is 5.32 Å². The summed E-state index contributed by atoms with van der Waals surface area (Å²) in [5.74, 6) is 0.855. The number of rotatable bonds is 7. The van der Waals surface area contributed by atoms with Crippen molar-refractivity contribution in [3.05, 3.63) is 65.7 Å². The average molecular weight is 325 g/mol. The lowest BCUT2D eigenvalue weighted by atomic mass is 9.96. The summed E-state index contributed by atoms with van der Waals surface area (Å²) in [6.45, 7) is 2.33. The Morgan fingerprint density at radius 2 is 1.92 bits per heavy atom. The second-order valence-corrected chi connectivity index (χ2v) is 6.00. The number of para-hydroxylation sites is 1. The first-order valence-corrected chi connectivity index (χ1v) is 8.43. The van der Waals surface area contributed by atoms with Gasteiger partial charge in [-0.1, -0.05) is 48.5 Å². The first-order chi connectivity index (χ1) is 11.8. The highest BCUT2D eigenvalue weighted by molar-refractivity contribution is 5.79. The molecule has 1 unspecified atom stereocenters. The quantitative estimate of drug-likeness (QED) is 0.796. The highest BCUT2D eigenvalue weighted by Crippen LogP contribution is 2.26. The van der Waals surface area contributed by atoms with Crippen LogP contribution in [0.2, 0.25) is 0 Å². The third-order valence-corrected chi connectivity index (χ3v) is 4.13. The molecule has 0 spiro atoms. The molecule has 24 heavy (non-hydrogen) atoms. The van der Waals surface area contributed by atoms with E-state index >= 15 is 0 Å². The van der Waals surface area contributed by atoms with Crippen molar-refractivity contribution in [2.24, 2.45) is 5.92 Å². The first-order valence-electron chi connectivity index (χ1n) is 8.43. The van der Waals surface area contributed by atoms with E-state index in [-0.39, 0.29) is 11.8 Å². The van der Waals surface area contributed by atoms with E-state index in [1.54, 1.807) is 0 Å². The molecule has 1 aliphatic heterocycles. The fourth-order valence-corrected chi connectivity index (χ4v) is 2.79. The van der Waals surface area contributed by atoms with Gasteiger partial charge in [0, 0.05) is 13.2 Å². The monoisotopic (exact) mass is 325 g/mol. The molecule has 2 aromatic rings. The van der Waals surface area contributed by atoms with Crippen LogP contribution in [0.4, 0.5) is 0 Å². The Hall–Kier alpha value is -2.33. The summed E-state index contributed by atoms with van der Waals surface area (Å²) in [4.78, 5) is 12.2. The molecule has 1 aliphatic rings. The van der Waals surface area contributed by atoms with Crippen LogP contribution in [0.25, 0.3) is 0 Å². The molecule has 3 rings (SSSR count). The molecule has 1 atom stereocenters. The van der Waals surface area contributed by atoms with Gasteiger partial charge in [-0.3, -0.25) is 4.79 Å². The van der Waals surface area contributed by atoms with Crippen LogP contribution in [0.3, 0.4) is 0 Å². The molecule has 4 nitrogen and oxygen atoms in total. The number of benzene rings is 2. The van der Waals surface area contributed by atoms with Crippen molar-refractivity contribution >= 4 is 5.91 Å². The van der Waals surface area contributed by atoms with E-state index in [4.69, 9.17) is 9.47 Å². The van der Waals surface area contributed by atoms with Gasteiger partial charge in [-0.2, -0.15) is 0 Å². The predicted molar refractivity (Wildman–Crippen MR) is 92.9 cm³/mol. The molecule has 0 fully saturated rings. The van der Waals surface area contributed by atoms with Gasteiger partial charge >= 0.3 is 0 Å². The Labute approximate surface area is 142 Å². The summed E-state index contributed by atoms with van der Waals surface area (Å²) in [6, 6.07) is 18.0. The van der Waals surface area contributed by atoms with Crippen molar-refractivity contribution in [3.8, 4) is 5.75 Å². The van der Waals surface area contributed by atoms with Crippen LogP contribution in [0, 0.1) is 5.92 Å². The van der Waals surface area contributed by atoms with Crippen LogP contribution in [0.15, 0.2) is 54.6 Å². The predicted octanol–water partition coefficient (Wildman–Crippen LogP) is 2.96. The number of nitrogens with one attached hydrogen (secondary N) is 1. The van der Waals surface area contributed by atoms with E-state index in [0.717, 1.165) is 24.2 Å². The molecule has 126 valence electrons. The molecule has 1 N–H and O–H groups in total. The first kappa shape index (κ1) is 16.5. The van der Waals surface area contributed by atoms with Crippen molar-refractivity contribution in [3.63, 3.8) is 0 Å². The van der Waals surface area contributed by atoms with Crippen LogP contribution >= 0.6 is 0 Å². The van der Waals surface area contributed by atoms with Gasteiger partial charge in [0.15, 0.2) is 0 Å². The van der Waals surface area contributed by atoms with E-state index < -0.39 is 0 Å². The SMILES string of the molecule is O=C(NCCCOCc1ccccc1)C1COc2ccccc2C1. The van der Waals surface area contributed by atoms with E-state index in [1.807, 2.05) is 54.6 Å². The highest BCUT2D eigenvalue weighted by Gasteiger charge is 2.25. The van der Waals surface area contributed by atoms with Gasteiger partial charge in [-0.05, 0) is 30.0 Å². The van der Waals surface area contributed by atoms with Gasteiger partial charge in [0.05, 0.1) is 12.5 Å². The zero-order chi connectivity index (χ0) is 16.6. The molecule has 0 aliphatic carbocycles. The zero-order valence-corrected chi connectivity index (χ0v) is 13.7. The van der Waals surface area contributed by atoms with Crippen LogP contribution in [-0.2, 0) is 22.6 Å². The zero-order valence-electron chi connectivity index (χ0n) is 13.7. The van der Waals surface area contributed by atoms with Crippen molar-refractivity contribution in [2.75, 3.05) is 19.8 Å². The summed E-state index contributed by atoms with van der Waals surface area (Å²) in [7, 11) is 0. The van der Waals surface area contributed by atoms with Crippen LogP contribution in [-0.4, -0.2) is 25.7 Å². The lowest BCUT2D eigenvalue weighted by Gasteiger charge is -2.24. The summed E-state index contributed by atoms with van der Waals surface area (Å²) in [6.07, 6.45) is 1.55. The van der Waals surface area contributed by atoms with Gasteiger partial charge in [0.25, 0.3) is 0 Å². The van der Waals surface area contributed by atoms with E-state index in [2.05, 4.69) is 5.32 Å². The summed E-state index contributed by atoms with van der Waals surface area (Å²) >= 11 is 0. The minimum atomic E-state index is -0.106. The normalized spacial score (nSPS) is 16.1. The fraction of sp³-hybridized carbons (Fsp3) is 0.350. The molecule has 0 bridgehead atoms. The van der Waals surface area contributed by atoms with Crippen molar-refractivity contribution in [2.45, 2.75) is 19.4 Å². The molecular weight excluding hydrogens is 302 g/mol. The number of hydrogen-bond acceptors (Lipinski definition) is 3. The summed E-state index contributed by atoms with van der Waals surface area (Å²) in [5.41, 5.74) is 2.27. The smallest absolute Gasteiger partial charge is 0.226 e. The molecular formula is C20H23NO3. The van der Waals surface area contributed by atoms with Gasteiger partial charge < -0.3 is 14.8 Å². The lowest BCUT2D eigenvalue weighted by Crippen LogP contribution is -2.38. The topological polar surface area (TPSA) is 47.6 Å². The minimum Gasteiger partial charge on any atom is -0.492 e. The fourth-order valence-electron chi connectivity index (χ4n) is 2.79. The molecule has 2 aromatic carbocycles. The largest absolute Gasteiger partial charge is 0.492 e. The molecule has 0 radical (unpaired) electrons. The van der Waals surface area contributed by atoms with Crippen LogP contribution < -0.4 is 10.1 Å². The average Bonchev–Trinajstić information content (AvgIpc) is 2.65. The molecule has 4 heteroatoms. The van der Waals surface area contributed by atoms with Gasteiger partial charge in [-0.15, -0.1) is 0 Å². The standard InChI is InChI=1S/C20H23NO3/c22-20(18-13-17-9-4-5-10-19(17)24-15-18)21-11-6-12-23-14-16-7-2-1-3-8-16/h1-5,7-10,18H,6,11-15H2,(H,21,22). The molecule has 1 amide bonds. The molecule has 1 heterocycles. The Kier molecular flexibility index (Phi) is 5.85. The lowest BCUT2D eigenvalue weighted by molar-refractivity contribution is -0.126. The maximum absolute atomic E-state index is 12.2. The maximum atomic E-state index is 12.2. The highest BCUT2D eigenvalue weighted by atomic mass is 16.5. The number of fused-ring (bicyclic) bond motifs is 1. The van der Waals surface area contributed by atoms with E-state index in [9.17, 15) is 4.79 Å². The number of hydrogen-bond donors (Lipinski definition) is 1. The number of ether oxygens (including phenoxy) is 2. The van der Waals surface area contributed by atoms with Crippen LogP contribution in [0.5, 0.6) is 5.75 Å². The van der Waals surface area contributed by atoms with E-state index in [0.29, 0.717) is 26.4 Å². The second kappa shape index (κ2) is 8.50. The Bertz CT molecular complexity index is 657. The minimum absolute atomic E-state index is 0.0626. The third kappa shape index (κ3) is 4.59. The van der Waals surface area contributed by atoms with Gasteiger partial charge in [-0.25, -0.2) is 0 Å². The summed E-state index contributed by atoms with van der Waals surface area (Å²) < 4.78 is 11.3. The number of carbonyl (C=O) groups excluding carboxylic acids is 1. The van der Waals surface area contributed by atoms with Crippen LogP contribution in [0.1, 0.15) is 17.5 Å². The maximum Gasteiger partial charge on any atom is 0.226 e. The summed E-state index contributed by atoms with van der Waals surface area (Å²) in [5, 5.41) is 2.98. The Balaban J connectivity index is 1.32. The Morgan fingerprint density at radius 1 is 1.12 bits per heavy atom. The van der Waals surface area contributed by atoms with E-state index in [1.165, 1.54) is 5.56 Å². The molecule has 0 saturated heterocycles. The molecule has 0 aromatic heterocycles. The number of amides is 1. The van der Waals surface area contributed by atoms with Gasteiger partial charge in [0.1, 0.15) is 12.4 Å². The Morgan fingerprint density at radius 3 is 2.79 bits per heavy atom. The second-order valence-electron chi connectivity index (χ2n) is 6.00. The van der Waals surface area contributed by atoms with Crippen molar-refractivity contribution in [1.29, 1.82) is 0 Å². The van der Waals surface area contributed by atoms with Gasteiger partial charge in [0.2, 0.25) is 5.91 Å². The third-order valence-electron chi connectivity index (χ3n) is 4.13. The van der Waals surface area contributed by atoms with Crippen molar-refractivity contribution < 1.29 is 14.3 Å². The molecule has 0 saturated carbocycles. The number of carbonyl (C=O) groups is 1.